The second-order valence-electron chi connectivity index (χ2n) is 4.11. The quantitative estimate of drug-likeness (QED) is 0.662. The summed E-state index contributed by atoms with van der Waals surface area (Å²) in [6, 6.07) is 6.07. The predicted octanol–water partition coefficient (Wildman–Crippen LogP) is 3.23. The molecule has 3 aromatic rings. The smallest absolute Gasteiger partial charge is 0.161 e. The molecule has 0 fully saturated rings. The van der Waals surface area contributed by atoms with E-state index in [1.165, 1.54) is 12.1 Å². The molecular weight excluding hydrogens is 255 g/mol. The number of benzene rings is 2. The summed E-state index contributed by atoms with van der Waals surface area (Å²) in [6.45, 7) is 0. The molecule has 0 spiro atoms. The minimum absolute atomic E-state index is 0.186. The molecule has 0 saturated carbocycles. The monoisotopic (exact) mass is 263 g/mol. The number of anilines is 1. The van der Waals surface area contributed by atoms with Gasteiger partial charge in [0, 0.05) is 17.8 Å². The Labute approximate surface area is 105 Å². The standard InChI is InChI=1S/C13H8F3N3/c14-8-3-6(17)1-2-7(8)13-18-11-4-9(15)10(16)5-12(11)19-13/h1-5H,17H2,(H,18,19). The van der Waals surface area contributed by atoms with Crippen molar-refractivity contribution in [1.82, 2.24) is 9.97 Å². The number of nitrogens with two attached hydrogens (primary N) is 1. The number of nitrogen functional groups attached to an aromatic ring is 1. The Morgan fingerprint density at radius 2 is 1.68 bits per heavy atom. The third-order valence-electron chi connectivity index (χ3n) is 2.77. The van der Waals surface area contributed by atoms with Gasteiger partial charge in [0.1, 0.15) is 11.6 Å². The van der Waals surface area contributed by atoms with Crippen LogP contribution in [0.25, 0.3) is 22.4 Å². The molecule has 0 amide bonds. The molecule has 96 valence electrons. The number of nitrogens with zero attached hydrogens (tertiary/aromatic N) is 1. The molecule has 1 aromatic heterocycles. The first-order chi connectivity index (χ1) is 9.04. The van der Waals surface area contributed by atoms with Gasteiger partial charge in [-0.25, -0.2) is 18.2 Å². The van der Waals surface area contributed by atoms with Gasteiger partial charge >= 0.3 is 0 Å². The molecule has 0 atom stereocenters. The van der Waals surface area contributed by atoms with Crippen molar-refractivity contribution in [1.29, 1.82) is 0 Å². The third-order valence-corrected chi connectivity index (χ3v) is 2.77. The molecule has 19 heavy (non-hydrogen) atoms. The first-order valence-electron chi connectivity index (χ1n) is 5.45. The number of rotatable bonds is 1. The van der Waals surface area contributed by atoms with E-state index in [2.05, 4.69) is 9.97 Å². The summed E-state index contributed by atoms with van der Waals surface area (Å²) in [5.41, 5.74) is 6.45. The third kappa shape index (κ3) is 1.91. The Balaban J connectivity index is 2.20. The number of halogens is 3. The minimum atomic E-state index is -0.997. The van der Waals surface area contributed by atoms with E-state index in [1.54, 1.807) is 0 Å². The van der Waals surface area contributed by atoms with Crippen molar-refractivity contribution in [2.45, 2.75) is 0 Å². The van der Waals surface area contributed by atoms with Gasteiger partial charge in [0.05, 0.1) is 16.6 Å². The largest absolute Gasteiger partial charge is 0.399 e. The highest BCUT2D eigenvalue weighted by Crippen LogP contribution is 2.25. The van der Waals surface area contributed by atoms with Gasteiger partial charge in [-0.1, -0.05) is 0 Å². The van der Waals surface area contributed by atoms with Crippen LogP contribution in [0.5, 0.6) is 0 Å². The summed E-state index contributed by atoms with van der Waals surface area (Å²) in [7, 11) is 0. The molecule has 1 heterocycles. The second-order valence-corrected chi connectivity index (χ2v) is 4.11. The number of H-pyrrole nitrogens is 1. The van der Waals surface area contributed by atoms with Crippen LogP contribution in [0.15, 0.2) is 30.3 Å². The lowest BCUT2D eigenvalue weighted by Gasteiger charge is -1.99. The van der Waals surface area contributed by atoms with Crippen molar-refractivity contribution in [3.8, 4) is 11.4 Å². The van der Waals surface area contributed by atoms with E-state index in [1.807, 2.05) is 0 Å². The summed E-state index contributed by atoms with van der Waals surface area (Å²) in [5.74, 6) is -2.35. The van der Waals surface area contributed by atoms with Crippen molar-refractivity contribution in [3.05, 3.63) is 47.8 Å². The van der Waals surface area contributed by atoms with E-state index in [9.17, 15) is 13.2 Å². The number of fused-ring (bicyclic) bond motifs is 1. The van der Waals surface area contributed by atoms with Gasteiger partial charge in [-0.05, 0) is 18.2 Å². The van der Waals surface area contributed by atoms with Crippen LogP contribution in [0.4, 0.5) is 18.9 Å². The van der Waals surface area contributed by atoms with Crippen molar-refractivity contribution in [3.63, 3.8) is 0 Å². The lowest BCUT2D eigenvalue weighted by atomic mass is 10.2. The Hall–Kier alpha value is -2.50. The molecule has 0 aliphatic carbocycles. The topological polar surface area (TPSA) is 54.7 Å². The molecule has 0 bridgehead atoms. The zero-order valence-electron chi connectivity index (χ0n) is 9.55. The zero-order valence-corrected chi connectivity index (χ0v) is 9.55. The average molecular weight is 263 g/mol. The van der Waals surface area contributed by atoms with Crippen LogP contribution < -0.4 is 5.73 Å². The Bertz CT molecular complexity index is 741. The fourth-order valence-corrected chi connectivity index (χ4v) is 1.86. The van der Waals surface area contributed by atoms with Crippen molar-refractivity contribution < 1.29 is 13.2 Å². The lowest BCUT2D eigenvalue weighted by Crippen LogP contribution is -1.90. The summed E-state index contributed by atoms with van der Waals surface area (Å²) < 4.78 is 39.9. The Kier molecular flexibility index (Phi) is 2.45. The average Bonchev–Trinajstić information content (AvgIpc) is 2.72. The fourth-order valence-electron chi connectivity index (χ4n) is 1.86. The number of aromatic nitrogens is 2. The van der Waals surface area contributed by atoms with Crippen LogP contribution in [0, 0.1) is 17.5 Å². The van der Waals surface area contributed by atoms with Gasteiger partial charge in [-0.15, -0.1) is 0 Å². The van der Waals surface area contributed by atoms with E-state index in [0.717, 1.165) is 18.2 Å². The van der Waals surface area contributed by atoms with Gasteiger partial charge in [-0.2, -0.15) is 0 Å². The normalized spacial score (nSPS) is 11.1. The number of hydrogen-bond donors (Lipinski definition) is 2. The van der Waals surface area contributed by atoms with Gasteiger partial charge in [-0.3, -0.25) is 0 Å². The molecule has 3 N–H and O–H groups in total. The maximum Gasteiger partial charge on any atom is 0.161 e. The van der Waals surface area contributed by atoms with Crippen LogP contribution in [-0.2, 0) is 0 Å². The second kappa shape index (κ2) is 4.01. The number of imidazole rings is 1. The highest BCUT2D eigenvalue weighted by molar-refractivity contribution is 5.79. The number of nitrogens with one attached hydrogen (secondary N) is 1. The number of hydrogen-bond acceptors (Lipinski definition) is 2. The van der Waals surface area contributed by atoms with E-state index in [4.69, 9.17) is 5.73 Å². The first kappa shape index (κ1) is 11.6. The van der Waals surface area contributed by atoms with Crippen LogP contribution in [0.1, 0.15) is 0 Å². The lowest BCUT2D eigenvalue weighted by molar-refractivity contribution is 0.510. The van der Waals surface area contributed by atoms with Crippen LogP contribution in [0.2, 0.25) is 0 Å². The van der Waals surface area contributed by atoms with Crippen molar-refractivity contribution in [2.24, 2.45) is 0 Å². The predicted molar refractivity (Wildman–Crippen MR) is 65.8 cm³/mol. The van der Waals surface area contributed by atoms with E-state index >= 15 is 0 Å². The molecule has 0 saturated heterocycles. The van der Waals surface area contributed by atoms with Crippen molar-refractivity contribution >= 4 is 16.7 Å². The summed E-state index contributed by atoms with van der Waals surface area (Å²) in [5, 5.41) is 0. The molecular formula is C13H8F3N3. The van der Waals surface area contributed by atoms with Crippen LogP contribution in [-0.4, -0.2) is 9.97 Å². The number of aromatic amines is 1. The van der Waals surface area contributed by atoms with Crippen LogP contribution in [0.3, 0.4) is 0 Å². The molecule has 0 unspecified atom stereocenters. The van der Waals surface area contributed by atoms with E-state index in [0.29, 0.717) is 5.52 Å². The van der Waals surface area contributed by atoms with Crippen LogP contribution >= 0.6 is 0 Å². The minimum Gasteiger partial charge on any atom is -0.399 e. The van der Waals surface area contributed by atoms with Gasteiger partial charge < -0.3 is 10.7 Å². The van der Waals surface area contributed by atoms with Gasteiger partial charge in [0.2, 0.25) is 0 Å². The summed E-state index contributed by atoms with van der Waals surface area (Å²) >= 11 is 0. The molecule has 3 rings (SSSR count). The fraction of sp³-hybridized carbons (Fsp3) is 0. The zero-order chi connectivity index (χ0) is 13.6. The van der Waals surface area contributed by atoms with Gasteiger partial charge in [0.25, 0.3) is 0 Å². The molecule has 2 aromatic carbocycles. The summed E-state index contributed by atoms with van der Waals surface area (Å²) in [6.07, 6.45) is 0. The molecule has 6 heteroatoms. The molecule has 0 radical (unpaired) electrons. The Morgan fingerprint density at radius 1 is 0.947 bits per heavy atom. The maximum atomic E-state index is 13.7. The van der Waals surface area contributed by atoms with E-state index < -0.39 is 17.5 Å². The molecule has 0 aliphatic heterocycles. The molecule has 3 nitrogen and oxygen atoms in total. The summed E-state index contributed by atoms with van der Waals surface area (Å²) in [4.78, 5) is 6.77. The van der Waals surface area contributed by atoms with Gasteiger partial charge in [0.15, 0.2) is 11.6 Å². The van der Waals surface area contributed by atoms with Crippen molar-refractivity contribution in [2.75, 3.05) is 5.73 Å². The highest BCUT2D eigenvalue weighted by atomic mass is 19.2. The maximum absolute atomic E-state index is 13.7. The highest BCUT2D eigenvalue weighted by Gasteiger charge is 2.12. The SMILES string of the molecule is Nc1ccc(-c2nc3cc(F)c(F)cc3[nH]2)c(F)c1. The molecule has 0 aliphatic rings. The van der Waals surface area contributed by atoms with E-state index in [-0.39, 0.29) is 22.6 Å². The first-order valence-corrected chi connectivity index (χ1v) is 5.45. The Morgan fingerprint density at radius 3 is 2.42 bits per heavy atom.